The Bertz CT molecular complexity index is 621. The molecule has 0 N–H and O–H groups in total. The minimum absolute atomic E-state index is 0.0712. The third-order valence-corrected chi connectivity index (χ3v) is 6.20. The van der Waals surface area contributed by atoms with E-state index in [1.165, 1.54) is 0 Å². The maximum absolute atomic E-state index is 13.8. The van der Waals surface area contributed by atoms with Crippen LogP contribution in [0.1, 0.15) is 6.42 Å². The highest BCUT2D eigenvalue weighted by molar-refractivity contribution is 6.08. The van der Waals surface area contributed by atoms with Crippen LogP contribution in [-0.4, -0.2) is 116 Å². The van der Waals surface area contributed by atoms with Gasteiger partial charge in [0.1, 0.15) is 12.3 Å². The van der Waals surface area contributed by atoms with Gasteiger partial charge in [-0.1, -0.05) is 0 Å². The van der Waals surface area contributed by atoms with Crippen molar-refractivity contribution in [2.75, 3.05) is 6.67 Å². The van der Waals surface area contributed by atoms with Crippen molar-refractivity contribution in [1.82, 2.24) is 0 Å². The normalized spacial score (nSPS) is 25.9. The first-order chi connectivity index (χ1) is 17.0. The van der Waals surface area contributed by atoms with Gasteiger partial charge in [0.05, 0.1) is 6.67 Å². The molecule has 0 radical (unpaired) electrons. The topological polar surface area (TPSA) is 0 Å². The molecule has 37 heavy (non-hydrogen) atoms. The van der Waals surface area contributed by atoms with E-state index in [0.29, 0.717) is 0 Å². The molecule has 0 saturated carbocycles. The van der Waals surface area contributed by atoms with Crippen molar-refractivity contribution >= 4 is 10.2 Å². The van der Waals surface area contributed by atoms with E-state index >= 15 is 0 Å². The van der Waals surface area contributed by atoms with E-state index in [9.17, 15) is 74.6 Å². The van der Waals surface area contributed by atoms with Crippen molar-refractivity contribution in [2.45, 2.75) is 111 Å². The molecule has 0 heterocycles. The number of rotatable bonds is 18. The summed E-state index contributed by atoms with van der Waals surface area (Å²) in [7, 11) is -0.0712. The maximum atomic E-state index is 13.8. The van der Waals surface area contributed by atoms with Crippen LogP contribution in [0.15, 0.2) is 0 Å². The molecule has 16 atom stereocenters. The van der Waals surface area contributed by atoms with Crippen LogP contribution in [0, 0.1) is 0 Å². The second-order valence-corrected chi connectivity index (χ2v) is 8.96. The van der Waals surface area contributed by atoms with Gasteiger partial charge >= 0.3 is 0 Å². The van der Waals surface area contributed by atoms with Crippen LogP contribution in [0.4, 0.5) is 74.6 Å². The SMILES string of the molecule is FCCC(F)C(F)C(F)C(F)C(F)C(F)C(F)C(F)C(F)C(F)C(F)C(F)C(F)C(F)C(F)C(F)C[SiH3]. The summed E-state index contributed by atoms with van der Waals surface area (Å²) in [5.74, 6) is 0. The van der Waals surface area contributed by atoms with E-state index in [1.54, 1.807) is 0 Å². The Balaban J connectivity index is 5.31. The van der Waals surface area contributed by atoms with Gasteiger partial charge in [-0.15, -0.1) is 0 Å². The molecule has 0 fully saturated rings. The summed E-state index contributed by atoms with van der Waals surface area (Å²) in [6, 6.07) is -0.620. The van der Waals surface area contributed by atoms with Crippen molar-refractivity contribution in [2.24, 2.45) is 0 Å². The van der Waals surface area contributed by atoms with E-state index in [2.05, 4.69) is 0 Å². The van der Waals surface area contributed by atoms with E-state index < -0.39 is 118 Å². The molecule has 0 saturated heterocycles. The molecule has 0 aliphatic rings. The first kappa shape index (κ1) is 36.0. The van der Waals surface area contributed by atoms with Gasteiger partial charge in [-0.3, -0.25) is 4.39 Å². The van der Waals surface area contributed by atoms with Crippen molar-refractivity contribution < 1.29 is 74.6 Å². The quantitative estimate of drug-likeness (QED) is 0.143. The predicted octanol–water partition coefficient (Wildman–Crippen LogP) is 5.54. The molecule has 0 aliphatic heterocycles. The highest BCUT2D eigenvalue weighted by Crippen LogP contribution is 2.33. The second-order valence-electron chi connectivity index (χ2n) is 8.14. The van der Waals surface area contributed by atoms with Gasteiger partial charge in [0.25, 0.3) is 0 Å². The lowest BCUT2D eigenvalue weighted by Gasteiger charge is -2.29. The van der Waals surface area contributed by atoms with E-state index in [4.69, 9.17) is 0 Å². The van der Waals surface area contributed by atoms with Gasteiger partial charge in [0, 0.05) is 16.7 Å². The van der Waals surface area contributed by atoms with Gasteiger partial charge in [-0.05, 0) is 6.04 Å². The highest BCUT2D eigenvalue weighted by atomic mass is 28.1. The monoisotopic (exact) mass is 604 g/mol. The summed E-state index contributed by atoms with van der Waals surface area (Å²) in [4.78, 5) is 0. The van der Waals surface area contributed by atoms with Crippen molar-refractivity contribution in [3.63, 3.8) is 0 Å². The Kier molecular flexibility index (Phi) is 15.8. The number of hydrogen-bond donors (Lipinski definition) is 0. The van der Waals surface area contributed by atoms with Crippen LogP contribution < -0.4 is 0 Å². The van der Waals surface area contributed by atoms with Gasteiger partial charge in [-0.25, -0.2) is 70.2 Å². The molecule has 0 aromatic carbocycles. The Morgan fingerprint density at radius 2 is 0.514 bits per heavy atom. The van der Waals surface area contributed by atoms with Crippen molar-refractivity contribution in [3.05, 3.63) is 0 Å². The second kappa shape index (κ2) is 16.2. The summed E-state index contributed by atoms with van der Waals surface area (Å²) < 4.78 is 229. The molecular formula is C19H25F17Si. The molecule has 0 rings (SSSR count). The minimum Gasteiger partial charge on any atom is -0.251 e. The first-order valence-electron chi connectivity index (χ1n) is 10.8. The lowest BCUT2D eigenvalue weighted by Crippen LogP contribution is -2.52. The van der Waals surface area contributed by atoms with Gasteiger partial charge < -0.3 is 0 Å². The highest BCUT2D eigenvalue weighted by Gasteiger charge is 2.53. The minimum atomic E-state index is -4.32. The summed E-state index contributed by atoms with van der Waals surface area (Å²) in [5, 5.41) is 0. The average Bonchev–Trinajstić information content (AvgIpc) is 2.90. The standard InChI is InChI=1S/C19H25F17Si/c20-2-1-4(21)6(23)8(25)10(27)12(29)14(31)16(33)18(35)19(36)17(34)15(32)13(30)11(28)9(26)7(24)5(22)3-37/h4-19H,1-3H2,37H3. The van der Waals surface area contributed by atoms with Crippen LogP contribution >= 0.6 is 0 Å². The van der Waals surface area contributed by atoms with Crippen molar-refractivity contribution in [3.8, 4) is 0 Å². The number of hydrogen-bond acceptors (Lipinski definition) is 0. The molecular weight excluding hydrogens is 579 g/mol. The molecule has 0 aromatic rings. The molecule has 0 nitrogen and oxygen atoms in total. The van der Waals surface area contributed by atoms with Gasteiger partial charge in [0.2, 0.25) is 0 Å². The van der Waals surface area contributed by atoms with Crippen LogP contribution in [0.2, 0.25) is 6.04 Å². The Hall–Kier alpha value is -0.973. The fourth-order valence-corrected chi connectivity index (χ4v) is 3.45. The lowest BCUT2D eigenvalue weighted by atomic mass is 9.93. The van der Waals surface area contributed by atoms with Crippen LogP contribution in [-0.2, 0) is 0 Å². The Labute approximate surface area is 203 Å². The fraction of sp³-hybridized carbons (Fsp3) is 1.00. The first-order valence-corrected chi connectivity index (χ1v) is 12.2. The van der Waals surface area contributed by atoms with Gasteiger partial charge in [0.15, 0.2) is 86.4 Å². The summed E-state index contributed by atoms with van der Waals surface area (Å²) in [6.45, 7) is -1.58. The molecule has 0 amide bonds. The Morgan fingerprint density at radius 3 is 0.703 bits per heavy atom. The summed E-state index contributed by atoms with van der Waals surface area (Å²) in [6.07, 6.45) is -63.7. The van der Waals surface area contributed by atoms with Crippen LogP contribution in [0.25, 0.3) is 0 Å². The van der Waals surface area contributed by atoms with Crippen LogP contribution in [0.3, 0.4) is 0 Å². The molecule has 0 bridgehead atoms. The van der Waals surface area contributed by atoms with E-state index in [0.717, 1.165) is 0 Å². The van der Waals surface area contributed by atoms with Gasteiger partial charge in [-0.2, -0.15) is 0 Å². The smallest absolute Gasteiger partial charge is 0.168 e. The molecule has 16 unspecified atom stereocenters. The number of halogens is 17. The van der Waals surface area contributed by atoms with Crippen molar-refractivity contribution in [1.29, 1.82) is 0 Å². The summed E-state index contributed by atoms with van der Waals surface area (Å²) in [5.41, 5.74) is 0. The number of alkyl halides is 17. The lowest BCUT2D eigenvalue weighted by molar-refractivity contribution is -0.0800. The van der Waals surface area contributed by atoms with E-state index in [1.807, 2.05) is 0 Å². The fourth-order valence-electron chi connectivity index (χ4n) is 3.00. The molecule has 0 spiro atoms. The zero-order valence-corrected chi connectivity index (χ0v) is 20.8. The van der Waals surface area contributed by atoms with E-state index in [-0.39, 0.29) is 10.2 Å². The van der Waals surface area contributed by atoms with Crippen LogP contribution in [0.5, 0.6) is 0 Å². The maximum Gasteiger partial charge on any atom is 0.168 e. The molecule has 224 valence electrons. The molecule has 18 heteroatoms. The zero-order valence-electron chi connectivity index (χ0n) is 18.8. The largest absolute Gasteiger partial charge is 0.251 e. The predicted molar refractivity (Wildman–Crippen MR) is 104 cm³/mol. The summed E-state index contributed by atoms with van der Waals surface area (Å²) >= 11 is 0. The zero-order chi connectivity index (χ0) is 29.4. The Morgan fingerprint density at radius 1 is 0.324 bits per heavy atom. The third kappa shape index (κ3) is 9.32. The molecule has 0 aromatic heterocycles. The third-order valence-electron chi connectivity index (χ3n) is 5.42. The molecule has 0 aliphatic carbocycles. The average molecular weight is 604 g/mol.